The quantitative estimate of drug-likeness (QED) is 0.269. The Hall–Kier alpha value is -0.400. The van der Waals surface area contributed by atoms with Gasteiger partial charge in [-0.3, -0.25) is 0 Å². The van der Waals surface area contributed by atoms with Crippen LogP contribution >= 0.6 is 0 Å². The molecule has 0 amide bonds. The van der Waals surface area contributed by atoms with E-state index in [1.165, 1.54) is 6.92 Å². The first-order valence-electron chi connectivity index (χ1n) is 6.93. The van der Waals surface area contributed by atoms with E-state index in [2.05, 4.69) is 0 Å². The van der Waals surface area contributed by atoms with E-state index in [9.17, 15) is 30.6 Å². The van der Waals surface area contributed by atoms with E-state index in [1.807, 2.05) is 0 Å². The van der Waals surface area contributed by atoms with Gasteiger partial charge in [-0.1, -0.05) is 0 Å². The van der Waals surface area contributed by atoms with E-state index in [4.69, 9.17) is 19.3 Å². The smallest absolute Gasteiger partial charge is 0.187 e. The van der Waals surface area contributed by atoms with Gasteiger partial charge in [0.25, 0.3) is 0 Å². The van der Waals surface area contributed by atoms with E-state index in [0.29, 0.717) is 0 Å². The van der Waals surface area contributed by atoms with Crippen molar-refractivity contribution in [3.8, 4) is 0 Å². The lowest BCUT2D eigenvalue weighted by Gasteiger charge is -2.44. The van der Waals surface area contributed by atoms with Crippen molar-refractivity contribution in [1.29, 1.82) is 0 Å². The summed E-state index contributed by atoms with van der Waals surface area (Å²) in [5.41, 5.74) is 0. The first kappa shape index (κ1) is 17.9. The van der Waals surface area contributed by atoms with Crippen LogP contribution in [0.4, 0.5) is 0 Å². The second-order valence-corrected chi connectivity index (χ2v) is 5.51. The molecular weight excluding hydrogens is 304 g/mol. The number of ether oxygens (including phenoxy) is 3. The van der Waals surface area contributed by atoms with Crippen LogP contribution < -0.4 is 0 Å². The Morgan fingerprint density at radius 1 is 0.818 bits per heavy atom. The van der Waals surface area contributed by atoms with Crippen molar-refractivity contribution in [2.75, 3.05) is 6.61 Å². The van der Waals surface area contributed by atoms with Gasteiger partial charge >= 0.3 is 0 Å². The molecule has 0 aromatic carbocycles. The SMILES string of the molecule is C[C@@H]1O[C@@H](O[C@H]2[C@H](O)[C@H](O)[C@H](CO)O[C@@H]2O)[C@@H](O)[C@H](O)[C@@H]1O. The summed E-state index contributed by atoms with van der Waals surface area (Å²) in [7, 11) is 0. The second-order valence-electron chi connectivity index (χ2n) is 5.51. The summed E-state index contributed by atoms with van der Waals surface area (Å²) in [6, 6.07) is 0. The highest BCUT2D eigenvalue weighted by atomic mass is 16.7. The van der Waals surface area contributed by atoms with E-state index >= 15 is 0 Å². The third-order valence-corrected chi connectivity index (χ3v) is 3.94. The normalized spacial score (nSPS) is 53.5. The van der Waals surface area contributed by atoms with Crippen molar-refractivity contribution in [2.24, 2.45) is 0 Å². The summed E-state index contributed by atoms with van der Waals surface area (Å²) in [5.74, 6) is 0. The average molecular weight is 326 g/mol. The zero-order chi connectivity index (χ0) is 16.6. The molecule has 10 heteroatoms. The summed E-state index contributed by atoms with van der Waals surface area (Å²) in [4.78, 5) is 0. The molecule has 0 aromatic heterocycles. The zero-order valence-corrected chi connectivity index (χ0v) is 11.8. The van der Waals surface area contributed by atoms with Gasteiger partial charge in [-0.05, 0) is 6.92 Å². The lowest BCUT2D eigenvalue weighted by Crippen LogP contribution is -2.63. The van der Waals surface area contributed by atoms with Crippen LogP contribution in [0.2, 0.25) is 0 Å². The van der Waals surface area contributed by atoms with Crippen molar-refractivity contribution >= 4 is 0 Å². The summed E-state index contributed by atoms with van der Waals surface area (Å²) in [5, 5.41) is 67.5. The Kier molecular flexibility index (Phi) is 5.72. The van der Waals surface area contributed by atoms with Crippen LogP contribution in [-0.4, -0.2) is 104 Å². The average Bonchev–Trinajstić information content (AvgIpc) is 2.49. The maximum Gasteiger partial charge on any atom is 0.187 e. The number of aliphatic hydroxyl groups excluding tert-OH is 7. The molecule has 0 saturated carbocycles. The van der Waals surface area contributed by atoms with E-state index in [0.717, 1.165) is 0 Å². The Labute approximate surface area is 126 Å². The zero-order valence-electron chi connectivity index (χ0n) is 11.8. The van der Waals surface area contributed by atoms with E-state index < -0.39 is 68.0 Å². The van der Waals surface area contributed by atoms with Gasteiger partial charge in [0.05, 0.1) is 12.7 Å². The number of hydrogen-bond donors (Lipinski definition) is 7. The molecule has 130 valence electrons. The van der Waals surface area contributed by atoms with Crippen LogP contribution in [0.15, 0.2) is 0 Å². The molecule has 2 fully saturated rings. The molecule has 0 unspecified atom stereocenters. The first-order chi connectivity index (χ1) is 10.3. The van der Waals surface area contributed by atoms with Crippen molar-refractivity contribution in [1.82, 2.24) is 0 Å². The molecule has 22 heavy (non-hydrogen) atoms. The predicted octanol–water partition coefficient (Wildman–Crippen LogP) is -4.37. The van der Waals surface area contributed by atoms with Crippen LogP contribution in [0.3, 0.4) is 0 Å². The van der Waals surface area contributed by atoms with Crippen LogP contribution in [0, 0.1) is 0 Å². The van der Waals surface area contributed by atoms with Crippen LogP contribution in [0.5, 0.6) is 0 Å². The largest absolute Gasteiger partial charge is 0.394 e. The molecule has 2 aliphatic heterocycles. The Morgan fingerprint density at radius 3 is 2.05 bits per heavy atom. The molecular formula is C12H22O10. The van der Waals surface area contributed by atoms with Gasteiger partial charge in [0.2, 0.25) is 0 Å². The number of hydrogen-bond acceptors (Lipinski definition) is 10. The maximum absolute atomic E-state index is 9.93. The van der Waals surface area contributed by atoms with Gasteiger partial charge in [0.15, 0.2) is 12.6 Å². The van der Waals surface area contributed by atoms with Gasteiger partial charge in [0.1, 0.15) is 42.7 Å². The first-order valence-corrected chi connectivity index (χ1v) is 6.93. The van der Waals surface area contributed by atoms with Crippen LogP contribution in [0.1, 0.15) is 6.92 Å². The third-order valence-electron chi connectivity index (χ3n) is 3.94. The topological polar surface area (TPSA) is 169 Å². The fourth-order valence-corrected chi connectivity index (χ4v) is 2.50. The molecule has 0 spiro atoms. The molecule has 2 heterocycles. The molecule has 10 nitrogen and oxygen atoms in total. The second kappa shape index (κ2) is 7.01. The lowest BCUT2D eigenvalue weighted by molar-refractivity contribution is -0.358. The standard InChI is InChI=1S/C12H22O10/c1-3-5(14)7(16)9(18)12(20-3)22-10-8(17)6(15)4(2-13)21-11(10)19/h3-19H,2H2,1H3/t3-,4-,5+,6+,7+,8+,9-,10-,11-,12-/m0/s1. The molecule has 0 radical (unpaired) electrons. The Morgan fingerprint density at radius 2 is 1.45 bits per heavy atom. The van der Waals surface area contributed by atoms with Crippen molar-refractivity contribution < 1.29 is 50.0 Å². The minimum Gasteiger partial charge on any atom is -0.394 e. The number of rotatable bonds is 3. The predicted molar refractivity (Wildman–Crippen MR) is 67.2 cm³/mol. The van der Waals surface area contributed by atoms with Gasteiger partial charge < -0.3 is 50.0 Å². The summed E-state index contributed by atoms with van der Waals surface area (Å²) in [6.07, 6.45) is -14.3. The minimum absolute atomic E-state index is 0.619. The van der Waals surface area contributed by atoms with Gasteiger partial charge in [-0.15, -0.1) is 0 Å². The van der Waals surface area contributed by atoms with Gasteiger partial charge in [-0.25, -0.2) is 0 Å². The van der Waals surface area contributed by atoms with E-state index in [-0.39, 0.29) is 0 Å². The molecule has 2 rings (SSSR count). The van der Waals surface area contributed by atoms with Gasteiger partial charge in [-0.2, -0.15) is 0 Å². The van der Waals surface area contributed by atoms with Crippen molar-refractivity contribution in [3.05, 3.63) is 0 Å². The van der Waals surface area contributed by atoms with E-state index in [1.54, 1.807) is 0 Å². The third kappa shape index (κ3) is 3.26. The molecule has 2 saturated heterocycles. The molecule has 0 aromatic rings. The number of aliphatic hydroxyl groups is 7. The molecule has 0 aliphatic carbocycles. The monoisotopic (exact) mass is 326 g/mol. The maximum atomic E-state index is 9.93. The summed E-state index contributed by atoms with van der Waals surface area (Å²) in [6.45, 7) is 0.823. The minimum atomic E-state index is -1.69. The Balaban J connectivity index is 2.06. The van der Waals surface area contributed by atoms with Crippen molar-refractivity contribution in [3.63, 3.8) is 0 Å². The molecule has 10 atom stereocenters. The highest BCUT2D eigenvalue weighted by Crippen LogP contribution is 2.28. The highest BCUT2D eigenvalue weighted by molar-refractivity contribution is 4.92. The summed E-state index contributed by atoms with van der Waals surface area (Å²) < 4.78 is 15.3. The highest BCUT2D eigenvalue weighted by Gasteiger charge is 2.49. The molecule has 0 bridgehead atoms. The molecule has 2 aliphatic rings. The fraction of sp³-hybridized carbons (Fsp3) is 1.00. The van der Waals surface area contributed by atoms with Crippen LogP contribution in [-0.2, 0) is 14.2 Å². The van der Waals surface area contributed by atoms with Gasteiger partial charge in [0, 0.05) is 0 Å². The molecule has 7 N–H and O–H groups in total. The fourth-order valence-electron chi connectivity index (χ4n) is 2.50. The van der Waals surface area contributed by atoms with Crippen molar-refractivity contribution in [2.45, 2.75) is 68.3 Å². The summed E-state index contributed by atoms with van der Waals surface area (Å²) >= 11 is 0. The van der Waals surface area contributed by atoms with Crippen LogP contribution in [0.25, 0.3) is 0 Å². The lowest BCUT2D eigenvalue weighted by atomic mass is 9.97. The Bertz CT molecular complexity index is 368.